The number of carbonyl (C=O) groups excluding carboxylic acids is 1. The van der Waals surface area contributed by atoms with Gasteiger partial charge >= 0.3 is 0 Å². The van der Waals surface area contributed by atoms with Crippen LogP contribution in [-0.2, 0) is 0 Å². The standard InChI is InChI=1S/C10H8N4O/c11-10-9(6-15)14-8(5-13-10)7-2-1-3-12-4-7/h1-6H,(H2,11,13). The summed E-state index contributed by atoms with van der Waals surface area (Å²) in [5.41, 5.74) is 6.99. The molecule has 15 heavy (non-hydrogen) atoms. The molecule has 0 unspecified atom stereocenters. The highest BCUT2D eigenvalue weighted by Gasteiger charge is 2.04. The van der Waals surface area contributed by atoms with Crippen LogP contribution in [-0.4, -0.2) is 21.2 Å². The molecule has 0 spiro atoms. The number of carbonyl (C=O) groups is 1. The normalized spacial score (nSPS) is 9.87. The molecule has 2 aromatic rings. The smallest absolute Gasteiger partial charge is 0.172 e. The van der Waals surface area contributed by atoms with Crippen LogP contribution in [0, 0.1) is 0 Å². The number of nitrogen functional groups attached to an aromatic ring is 1. The summed E-state index contributed by atoms with van der Waals surface area (Å²) in [4.78, 5) is 22.5. The Morgan fingerprint density at radius 1 is 1.33 bits per heavy atom. The maximum atomic E-state index is 10.6. The van der Waals surface area contributed by atoms with Crippen LogP contribution in [0.25, 0.3) is 11.3 Å². The fourth-order valence-corrected chi connectivity index (χ4v) is 1.15. The first kappa shape index (κ1) is 9.26. The van der Waals surface area contributed by atoms with Crippen molar-refractivity contribution in [1.82, 2.24) is 15.0 Å². The summed E-state index contributed by atoms with van der Waals surface area (Å²) < 4.78 is 0. The molecule has 0 saturated carbocycles. The van der Waals surface area contributed by atoms with E-state index in [9.17, 15) is 4.79 Å². The lowest BCUT2D eigenvalue weighted by Crippen LogP contribution is -2.01. The fourth-order valence-electron chi connectivity index (χ4n) is 1.15. The molecule has 2 aromatic heterocycles. The molecule has 0 aliphatic rings. The molecule has 5 nitrogen and oxygen atoms in total. The van der Waals surface area contributed by atoms with Gasteiger partial charge in [0.25, 0.3) is 0 Å². The van der Waals surface area contributed by atoms with Crippen molar-refractivity contribution in [3.8, 4) is 11.3 Å². The van der Waals surface area contributed by atoms with E-state index in [1.54, 1.807) is 18.5 Å². The van der Waals surface area contributed by atoms with Gasteiger partial charge in [-0.05, 0) is 12.1 Å². The van der Waals surface area contributed by atoms with Crippen LogP contribution in [0.1, 0.15) is 10.5 Å². The van der Waals surface area contributed by atoms with Crippen LogP contribution in [0.15, 0.2) is 30.7 Å². The number of nitrogens with two attached hydrogens (primary N) is 1. The molecule has 0 fully saturated rings. The van der Waals surface area contributed by atoms with Gasteiger partial charge in [-0.15, -0.1) is 0 Å². The Labute approximate surface area is 86.0 Å². The zero-order valence-corrected chi connectivity index (χ0v) is 7.79. The predicted octanol–water partition coefficient (Wildman–Crippen LogP) is 0.933. The molecule has 2 heterocycles. The van der Waals surface area contributed by atoms with Gasteiger partial charge in [0.05, 0.1) is 11.9 Å². The first-order valence-electron chi connectivity index (χ1n) is 4.29. The van der Waals surface area contributed by atoms with E-state index in [2.05, 4.69) is 15.0 Å². The number of aromatic nitrogens is 3. The van der Waals surface area contributed by atoms with Gasteiger partial charge in [0.2, 0.25) is 0 Å². The van der Waals surface area contributed by atoms with E-state index in [0.29, 0.717) is 12.0 Å². The van der Waals surface area contributed by atoms with E-state index >= 15 is 0 Å². The average Bonchev–Trinajstić information content (AvgIpc) is 2.31. The molecule has 0 amide bonds. The van der Waals surface area contributed by atoms with Crippen LogP contribution < -0.4 is 5.73 Å². The lowest BCUT2D eigenvalue weighted by molar-refractivity contribution is 0.111. The van der Waals surface area contributed by atoms with Crippen molar-refractivity contribution in [1.29, 1.82) is 0 Å². The van der Waals surface area contributed by atoms with E-state index < -0.39 is 0 Å². The molecule has 5 heteroatoms. The van der Waals surface area contributed by atoms with Gasteiger partial charge in [-0.1, -0.05) is 0 Å². The van der Waals surface area contributed by atoms with Crippen molar-refractivity contribution in [3.63, 3.8) is 0 Å². The molecule has 74 valence electrons. The number of pyridine rings is 1. The van der Waals surface area contributed by atoms with Crippen molar-refractivity contribution in [2.45, 2.75) is 0 Å². The second kappa shape index (κ2) is 3.83. The summed E-state index contributed by atoms with van der Waals surface area (Å²) in [6.07, 6.45) is 5.41. The summed E-state index contributed by atoms with van der Waals surface area (Å²) in [5, 5.41) is 0. The largest absolute Gasteiger partial charge is 0.382 e. The number of aldehydes is 1. The van der Waals surface area contributed by atoms with Crippen LogP contribution in [0.3, 0.4) is 0 Å². The van der Waals surface area contributed by atoms with Gasteiger partial charge in [0, 0.05) is 18.0 Å². The van der Waals surface area contributed by atoms with E-state index in [-0.39, 0.29) is 11.5 Å². The first-order valence-corrected chi connectivity index (χ1v) is 4.29. The lowest BCUT2D eigenvalue weighted by atomic mass is 10.2. The van der Waals surface area contributed by atoms with E-state index in [0.717, 1.165) is 5.56 Å². The topological polar surface area (TPSA) is 81.8 Å². The second-order valence-corrected chi connectivity index (χ2v) is 2.89. The highest BCUT2D eigenvalue weighted by molar-refractivity contribution is 5.79. The first-order chi connectivity index (χ1) is 7.31. The Bertz CT molecular complexity index is 484. The van der Waals surface area contributed by atoms with Crippen LogP contribution in [0.4, 0.5) is 5.82 Å². The summed E-state index contributed by atoms with van der Waals surface area (Å²) in [6.45, 7) is 0. The lowest BCUT2D eigenvalue weighted by Gasteiger charge is -2.01. The summed E-state index contributed by atoms with van der Waals surface area (Å²) >= 11 is 0. The molecule has 0 atom stereocenters. The second-order valence-electron chi connectivity index (χ2n) is 2.89. The minimum atomic E-state index is 0.137. The van der Waals surface area contributed by atoms with Crippen molar-refractivity contribution < 1.29 is 4.79 Å². The van der Waals surface area contributed by atoms with Gasteiger partial charge < -0.3 is 5.73 Å². The molecule has 0 saturated heterocycles. The number of rotatable bonds is 2. The third kappa shape index (κ3) is 1.80. The third-order valence-corrected chi connectivity index (χ3v) is 1.90. The highest BCUT2D eigenvalue weighted by Crippen LogP contribution is 2.15. The Morgan fingerprint density at radius 3 is 2.87 bits per heavy atom. The summed E-state index contributed by atoms with van der Waals surface area (Å²) in [7, 11) is 0. The van der Waals surface area contributed by atoms with E-state index in [1.807, 2.05) is 6.07 Å². The minimum Gasteiger partial charge on any atom is -0.382 e. The Kier molecular flexibility index (Phi) is 2.37. The fraction of sp³-hybridized carbons (Fsp3) is 0. The quantitative estimate of drug-likeness (QED) is 0.729. The Morgan fingerprint density at radius 2 is 2.20 bits per heavy atom. The van der Waals surface area contributed by atoms with Crippen molar-refractivity contribution in [2.75, 3.05) is 5.73 Å². The molecule has 2 rings (SSSR count). The van der Waals surface area contributed by atoms with Gasteiger partial charge in [-0.25, -0.2) is 9.97 Å². The van der Waals surface area contributed by atoms with Crippen molar-refractivity contribution in [3.05, 3.63) is 36.4 Å². The molecule has 0 aromatic carbocycles. The molecule has 0 aliphatic carbocycles. The molecule has 2 N–H and O–H groups in total. The molecular formula is C10H8N4O. The number of hydrogen-bond acceptors (Lipinski definition) is 5. The maximum Gasteiger partial charge on any atom is 0.172 e. The minimum absolute atomic E-state index is 0.137. The third-order valence-electron chi connectivity index (χ3n) is 1.90. The maximum absolute atomic E-state index is 10.6. The zero-order valence-electron chi connectivity index (χ0n) is 7.79. The molecule has 0 aliphatic heterocycles. The molecular weight excluding hydrogens is 192 g/mol. The van der Waals surface area contributed by atoms with Crippen molar-refractivity contribution >= 4 is 12.1 Å². The van der Waals surface area contributed by atoms with Gasteiger partial charge in [0.1, 0.15) is 5.69 Å². The van der Waals surface area contributed by atoms with Gasteiger partial charge in [-0.3, -0.25) is 9.78 Å². The number of anilines is 1. The number of nitrogens with zero attached hydrogens (tertiary/aromatic N) is 3. The van der Waals surface area contributed by atoms with E-state index in [1.165, 1.54) is 6.20 Å². The number of hydrogen-bond donors (Lipinski definition) is 1. The monoisotopic (exact) mass is 200 g/mol. The van der Waals surface area contributed by atoms with E-state index in [4.69, 9.17) is 5.73 Å². The molecule has 0 radical (unpaired) electrons. The van der Waals surface area contributed by atoms with Gasteiger partial charge in [0.15, 0.2) is 12.1 Å². The van der Waals surface area contributed by atoms with Crippen molar-refractivity contribution in [2.24, 2.45) is 0 Å². The van der Waals surface area contributed by atoms with Crippen LogP contribution in [0.5, 0.6) is 0 Å². The predicted molar refractivity (Wildman–Crippen MR) is 55.1 cm³/mol. The Hall–Kier alpha value is -2.30. The highest BCUT2D eigenvalue weighted by atomic mass is 16.1. The van der Waals surface area contributed by atoms with Gasteiger partial charge in [-0.2, -0.15) is 0 Å². The average molecular weight is 200 g/mol. The Balaban J connectivity index is 2.51. The summed E-state index contributed by atoms with van der Waals surface area (Å²) in [6, 6.07) is 3.62. The summed E-state index contributed by atoms with van der Waals surface area (Å²) in [5.74, 6) is 0.137. The SMILES string of the molecule is Nc1ncc(-c2cccnc2)nc1C=O. The van der Waals surface area contributed by atoms with Crippen LogP contribution >= 0.6 is 0 Å². The zero-order chi connectivity index (χ0) is 10.7. The molecule has 0 bridgehead atoms. The van der Waals surface area contributed by atoms with Crippen LogP contribution in [0.2, 0.25) is 0 Å².